The Bertz CT molecular complexity index is 755. The van der Waals surface area contributed by atoms with Crippen LogP contribution in [0.3, 0.4) is 0 Å². The molecule has 0 aromatic heterocycles. The van der Waals surface area contributed by atoms with E-state index in [2.05, 4.69) is 36.9 Å². The number of nitrogens with zero attached hydrogens (tertiary/aromatic N) is 1. The minimum atomic E-state index is -0.501. The first kappa shape index (κ1) is 19.2. The molecule has 0 saturated carbocycles. The van der Waals surface area contributed by atoms with Crippen LogP contribution in [0.1, 0.15) is 49.0 Å². The third-order valence-corrected chi connectivity index (χ3v) is 5.53. The van der Waals surface area contributed by atoms with Crippen LogP contribution in [-0.2, 0) is 0 Å². The third kappa shape index (κ3) is 4.06. The predicted octanol–water partition coefficient (Wildman–Crippen LogP) is 4.88. The Kier molecular flexibility index (Phi) is 5.61. The number of fused-ring (bicyclic) bond motifs is 1. The third-order valence-electron chi connectivity index (χ3n) is 5.28. The first-order valence-electron chi connectivity index (χ1n) is 9.13. The van der Waals surface area contributed by atoms with E-state index in [1.54, 1.807) is 0 Å². The van der Waals surface area contributed by atoms with Crippen molar-refractivity contribution in [2.24, 2.45) is 5.41 Å². The summed E-state index contributed by atoms with van der Waals surface area (Å²) in [6.45, 7) is 5.75. The van der Waals surface area contributed by atoms with E-state index in [0.717, 1.165) is 29.3 Å². The number of rotatable bonds is 5. The molecule has 3 rings (SSSR count). The topological polar surface area (TPSA) is 32.7 Å². The van der Waals surface area contributed by atoms with Gasteiger partial charge in [-0.05, 0) is 66.9 Å². The van der Waals surface area contributed by atoms with Gasteiger partial charge in [-0.25, -0.2) is 0 Å². The van der Waals surface area contributed by atoms with Gasteiger partial charge in [0.2, 0.25) is 0 Å². The number of halogens is 1. The molecule has 1 N–H and O–H groups in total. The molecule has 0 bridgehead atoms. The number of aliphatic hydroxyl groups is 1. The fourth-order valence-electron chi connectivity index (χ4n) is 3.70. The van der Waals surface area contributed by atoms with Crippen LogP contribution in [0.4, 0.5) is 0 Å². The van der Waals surface area contributed by atoms with Crippen LogP contribution in [0.25, 0.3) is 0 Å². The van der Waals surface area contributed by atoms with Crippen LogP contribution >= 0.6 is 11.6 Å². The van der Waals surface area contributed by atoms with Crippen molar-refractivity contribution in [3.63, 3.8) is 0 Å². The summed E-state index contributed by atoms with van der Waals surface area (Å²) in [6.07, 6.45) is 0.391. The van der Waals surface area contributed by atoms with Crippen molar-refractivity contribution in [1.29, 1.82) is 0 Å². The second kappa shape index (κ2) is 7.59. The number of hydrogen-bond acceptors (Lipinski definition) is 3. The van der Waals surface area contributed by atoms with E-state index in [-0.39, 0.29) is 11.3 Å². The molecular weight excluding hydrogens is 346 g/mol. The average Bonchev–Trinajstić information content (AvgIpc) is 2.59. The zero-order chi connectivity index (χ0) is 18.9. The van der Waals surface area contributed by atoms with Gasteiger partial charge < -0.3 is 14.7 Å². The fraction of sp³-hybridized carbons (Fsp3) is 0.455. The van der Waals surface area contributed by atoms with Gasteiger partial charge in [-0.2, -0.15) is 0 Å². The minimum Gasteiger partial charge on any atom is -0.492 e. The minimum absolute atomic E-state index is 0.209. The summed E-state index contributed by atoms with van der Waals surface area (Å²) in [5.74, 6) is 1.06. The molecule has 1 aliphatic rings. The van der Waals surface area contributed by atoms with Crippen molar-refractivity contribution >= 4 is 11.6 Å². The molecular formula is C22H28ClNO2. The molecule has 3 nitrogen and oxygen atoms in total. The summed E-state index contributed by atoms with van der Waals surface area (Å²) in [5.41, 5.74) is 3.18. The Balaban J connectivity index is 1.94. The molecule has 1 aliphatic carbocycles. The van der Waals surface area contributed by atoms with Gasteiger partial charge in [0.15, 0.2) is 0 Å². The van der Waals surface area contributed by atoms with Gasteiger partial charge >= 0.3 is 0 Å². The molecule has 2 atom stereocenters. The smallest absolute Gasteiger partial charge is 0.119 e. The van der Waals surface area contributed by atoms with Gasteiger partial charge in [0, 0.05) is 17.5 Å². The second-order valence-electron chi connectivity index (χ2n) is 8.14. The lowest BCUT2D eigenvalue weighted by molar-refractivity contribution is 0.0292. The Morgan fingerprint density at radius 2 is 1.81 bits per heavy atom. The van der Waals surface area contributed by atoms with E-state index < -0.39 is 6.10 Å². The van der Waals surface area contributed by atoms with Crippen LogP contribution in [0.2, 0.25) is 5.02 Å². The number of likely N-dealkylation sites (N-methyl/N-ethyl adjacent to an activating group) is 1. The SMILES string of the molecule is CN(C)CCOc1ccc2c(c1)C(O)C(C)(C)CC2c1ccc(Cl)cc1. The highest BCUT2D eigenvalue weighted by molar-refractivity contribution is 6.30. The predicted molar refractivity (Wildman–Crippen MR) is 107 cm³/mol. The summed E-state index contributed by atoms with van der Waals surface area (Å²) in [4.78, 5) is 2.09. The van der Waals surface area contributed by atoms with E-state index in [1.807, 2.05) is 38.4 Å². The zero-order valence-corrected chi connectivity index (χ0v) is 16.8. The van der Waals surface area contributed by atoms with Gasteiger partial charge in [0.1, 0.15) is 12.4 Å². The molecule has 4 heteroatoms. The molecule has 26 heavy (non-hydrogen) atoms. The lowest BCUT2D eigenvalue weighted by Crippen LogP contribution is -2.31. The van der Waals surface area contributed by atoms with Crippen molar-refractivity contribution in [3.8, 4) is 5.75 Å². The normalized spacial score (nSPS) is 21.5. The lowest BCUT2D eigenvalue weighted by atomic mass is 9.65. The molecule has 2 aromatic rings. The maximum absolute atomic E-state index is 11.0. The van der Waals surface area contributed by atoms with Gasteiger partial charge in [-0.15, -0.1) is 0 Å². The van der Waals surface area contributed by atoms with Crippen molar-refractivity contribution in [2.75, 3.05) is 27.2 Å². The molecule has 0 spiro atoms. The van der Waals surface area contributed by atoms with Crippen LogP contribution in [0, 0.1) is 5.41 Å². The van der Waals surface area contributed by atoms with Gasteiger partial charge in [-0.1, -0.05) is 43.6 Å². The highest BCUT2D eigenvalue weighted by atomic mass is 35.5. The number of aliphatic hydroxyl groups excluding tert-OH is 1. The molecule has 0 saturated heterocycles. The number of benzene rings is 2. The summed E-state index contributed by atoms with van der Waals surface area (Å²) in [5, 5.41) is 11.7. The van der Waals surface area contributed by atoms with Crippen molar-refractivity contribution in [2.45, 2.75) is 32.3 Å². The first-order valence-corrected chi connectivity index (χ1v) is 9.50. The molecule has 0 aliphatic heterocycles. The van der Waals surface area contributed by atoms with E-state index in [1.165, 1.54) is 11.1 Å². The molecule has 0 heterocycles. The number of ether oxygens (including phenoxy) is 1. The average molecular weight is 374 g/mol. The molecule has 0 amide bonds. The summed E-state index contributed by atoms with van der Waals surface area (Å²) in [6, 6.07) is 14.2. The van der Waals surface area contributed by atoms with E-state index in [0.29, 0.717) is 6.61 Å². The summed E-state index contributed by atoms with van der Waals surface area (Å²) >= 11 is 6.06. The Morgan fingerprint density at radius 1 is 1.12 bits per heavy atom. The monoisotopic (exact) mass is 373 g/mol. The van der Waals surface area contributed by atoms with Crippen LogP contribution in [-0.4, -0.2) is 37.3 Å². The largest absolute Gasteiger partial charge is 0.492 e. The molecule has 0 fully saturated rings. The van der Waals surface area contributed by atoms with E-state index >= 15 is 0 Å². The fourth-order valence-corrected chi connectivity index (χ4v) is 3.83. The van der Waals surface area contributed by atoms with E-state index in [4.69, 9.17) is 16.3 Å². The first-order chi connectivity index (χ1) is 12.3. The Labute approximate surface area is 161 Å². The second-order valence-corrected chi connectivity index (χ2v) is 8.58. The van der Waals surface area contributed by atoms with Crippen LogP contribution in [0.5, 0.6) is 5.75 Å². The standard InChI is InChI=1S/C22H28ClNO2/c1-22(2)14-20(15-5-7-16(23)8-6-15)18-10-9-17(13-19(18)21(22)25)26-12-11-24(3)4/h5-10,13,20-21,25H,11-12,14H2,1-4H3. The van der Waals surface area contributed by atoms with Gasteiger partial charge in [-0.3, -0.25) is 0 Å². The Morgan fingerprint density at radius 3 is 2.46 bits per heavy atom. The summed E-state index contributed by atoms with van der Waals surface area (Å²) < 4.78 is 5.89. The zero-order valence-electron chi connectivity index (χ0n) is 16.0. The van der Waals surface area contributed by atoms with Crippen LogP contribution < -0.4 is 4.74 Å². The quantitative estimate of drug-likeness (QED) is 0.811. The highest BCUT2D eigenvalue weighted by Crippen LogP contribution is 2.51. The van der Waals surface area contributed by atoms with Crippen molar-refractivity contribution in [1.82, 2.24) is 4.90 Å². The maximum atomic E-state index is 11.0. The summed E-state index contributed by atoms with van der Waals surface area (Å²) in [7, 11) is 4.05. The van der Waals surface area contributed by atoms with E-state index in [9.17, 15) is 5.11 Å². The molecule has 140 valence electrons. The maximum Gasteiger partial charge on any atom is 0.119 e. The number of hydrogen-bond donors (Lipinski definition) is 1. The highest BCUT2D eigenvalue weighted by Gasteiger charge is 2.40. The molecule has 0 radical (unpaired) electrons. The van der Waals surface area contributed by atoms with Crippen molar-refractivity contribution < 1.29 is 9.84 Å². The van der Waals surface area contributed by atoms with Gasteiger partial charge in [0.25, 0.3) is 0 Å². The molecule has 2 aromatic carbocycles. The Hall–Kier alpha value is -1.55. The van der Waals surface area contributed by atoms with Crippen LogP contribution in [0.15, 0.2) is 42.5 Å². The van der Waals surface area contributed by atoms with Crippen molar-refractivity contribution in [3.05, 3.63) is 64.2 Å². The molecule has 2 unspecified atom stereocenters. The lowest BCUT2D eigenvalue weighted by Gasteiger charge is -2.41. The van der Waals surface area contributed by atoms with Gasteiger partial charge in [0.05, 0.1) is 6.10 Å².